The molecule has 0 unspecified atom stereocenters. The van der Waals surface area contributed by atoms with Gasteiger partial charge >= 0.3 is 5.97 Å². The second-order valence-electron chi connectivity index (χ2n) is 5.46. The third-order valence-corrected chi connectivity index (χ3v) is 5.61. The zero-order valence-electron chi connectivity index (χ0n) is 14.2. The molecule has 0 bridgehead atoms. The molecule has 26 heavy (non-hydrogen) atoms. The Morgan fingerprint density at radius 1 is 1.46 bits per heavy atom. The molecule has 9 heteroatoms. The number of carbonyl (C=O) groups excluding carboxylic acids is 1. The molecule has 0 spiro atoms. The zero-order valence-corrected chi connectivity index (χ0v) is 16.6. The van der Waals surface area contributed by atoms with E-state index in [4.69, 9.17) is 28.6 Å². The molecule has 0 saturated heterocycles. The number of hydrogen-bond acceptors (Lipinski definition) is 5. The van der Waals surface area contributed by atoms with Crippen molar-refractivity contribution in [2.45, 2.75) is 20.0 Å². The van der Waals surface area contributed by atoms with Crippen LogP contribution in [0.1, 0.15) is 22.2 Å². The van der Waals surface area contributed by atoms with E-state index in [1.165, 1.54) is 18.4 Å². The fraction of sp³-hybridized carbons (Fsp3) is 0.235. The normalized spacial score (nSPS) is 10.7. The first kappa shape index (κ1) is 18.6. The molecule has 0 atom stereocenters. The number of nitrogens with zero attached hydrogens (tertiary/aromatic N) is 2. The molecule has 3 rings (SSSR count). The standard InChI is InChI=1S/C17H17ClN4O2S2/c1-3-22-9-10(8-20-22)7-19-17(25)21-11-4-5-12-13(6-11)26-15(14(12)18)16(23)24-2/h4-6,8-9H,3,7H2,1-2H3,(H2,19,21,25). The first-order valence-corrected chi connectivity index (χ1v) is 9.48. The van der Waals surface area contributed by atoms with E-state index in [0.29, 0.717) is 21.6 Å². The highest BCUT2D eigenvalue weighted by atomic mass is 35.5. The number of methoxy groups -OCH3 is 1. The second kappa shape index (κ2) is 8.03. The van der Waals surface area contributed by atoms with Crippen molar-refractivity contribution in [2.75, 3.05) is 12.4 Å². The van der Waals surface area contributed by atoms with Crippen molar-refractivity contribution in [3.8, 4) is 0 Å². The summed E-state index contributed by atoms with van der Waals surface area (Å²) in [7, 11) is 1.34. The summed E-state index contributed by atoms with van der Waals surface area (Å²) in [6, 6.07) is 5.63. The smallest absolute Gasteiger partial charge is 0.349 e. The number of thiocarbonyl (C=S) groups is 1. The molecule has 0 aliphatic rings. The van der Waals surface area contributed by atoms with Gasteiger partial charge in [-0.1, -0.05) is 11.6 Å². The highest BCUT2D eigenvalue weighted by Crippen LogP contribution is 2.37. The van der Waals surface area contributed by atoms with Crippen molar-refractivity contribution in [1.29, 1.82) is 0 Å². The third-order valence-electron chi connectivity index (χ3n) is 3.72. The van der Waals surface area contributed by atoms with Crippen LogP contribution in [0.5, 0.6) is 0 Å². The number of anilines is 1. The first-order valence-electron chi connectivity index (χ1n) is 7.88. The lowest BCUT2D eigenvalue weighted by atomic mass is 10.2. The van der Waals surface area contributed by atoms with Crippen LogP contribution in [0, 0.1) is 0 Å². The summed E-state index contributed by atoms with van der Waals surface area (Å²) in [5.74, 6) is -0.435. The van der Waals surface area contributed by atoms with Crippen LogP contribution in [-0.2, 0) is 17.8 Å². The van der Waals surface area contributed by atoms with Crippen molar-refractivity contribution in [3.05, 3.63) is 46.1 Å². The molecular weight excluding hydrogens is 392 g/mol. The number of esters is 1. The van der Waals surface area contributed by atoms with Crippen LogP contribution < -0.4 is 10.6 Å². The van der Waals surface area contributed by atoms with Crippen LogP contribution in [0.15, 0.2) is 30.6 Å². The average Bonchev–Trinajstić information content (AvgIpc) is 3.23. The molecule has 1 aromatic carbocycles. The largest absolute Gasteiger partial charge is 0.465 e. The van der Waals surface area contributed by atoms with E-state index in [1.807, 2.05) is 42.2 Å². The van der Waals surface area contributed by atoms with Gasteiger partial charge in [0.05, 0.1) is 18.3 Å². The minimum Gasteiger partial charge on any atom is -0.465 e. The molecule has 2 aromatic heterocycles. The molecule has 2 N–H and O–H groups in total. The topological polar surface area (TPSA) is 68.2 Å². The Hall–Kier alpha value is -2.16. The summed E-state index contributed by atoms with van der Waals surface area (Å²) in [6.07, 6.45) is 3.79. The number of hydrogen-bond donors (Lipinski definition) is 2. The maximum atomic E-state index is 11.8. The van der Waals surface area contributed by atoms with Crippen molar-refractivity contribution in [3.63, 3.8) is 0 Å². The minimum atomic E-state index is -0.435. The molecule has 0 saturated carbocycles. The number of ether oxygens (including phenoxy) is 1. The number of halogens is 1. The SMILES string of the molecule is CCn1cc(CNC(=S)Nc2ccc3c(Cl)c(C(=O)OC)sc3c2)cn1. The van der Waals surface area contributed by atoms with Gasteiger partial charge in [0.25, 0.3) is 0 Å². The van der Waals surface area contributed by atoms with Gasteiger partial charge in [0.1, 0.15) is 4.88 Å². The Balaban J connectivity index is 1.68. The Bertz CT molecular complexity index is 967. The fourth-order valence-corrected chi connectivity index (χ4v) is 4.05. The fourth-order valence-electron chi connectivity index (χ4n) is 2.40. The Morgan fingerprint density at radius 3 is 2.96 bits per heavy atom. The highest BCUT2D eigenvalue weighted by Gasteiger charge is 2.17. The average molecular weight is 409 g/mol. The summed E-state index contributed by atoms with van der Waals surface area (Å²) in [6.45, 7) is 3.46. The minimum absolute atomic E-state index is 0.398. The number of thiophene rings is 1. The van der Waals surface area contributed by atoms with Crippen LogP contribution in [-0.4, -0.2) is 28.0 Å². The molecular formula is C17H17ClN4O2S2. The maximum Gasteiger partial charge on any atom is 0.349 e. The van der Waals surface area contributed by atoms with Gasteiger partial charge in [-0.3, -0.25) is 4.68 Å². The number of carbonyl (C=O) groups is 1. The van der Waals surface area contributed by atoms with E-state index in [0.717, 1.165) is 27.9 Å². The van der Waals surface area contributed by atoms with Crippen molar-refractivity contribution >= 4 is 62.0 Å². The number of aryl methyl sites for hydroxylation is 1. The molecule has 0 radical (unpaired) electrons. The van der Waals surface area contributed by atoms with Gasteiger partial charge in [0, 0.05) is 40.6 Å². The molecule has 6 nitrogen and oxygen atoms in total. The summed E-state index contributed by atoms with van der Waals surface area (Å²) in [5, 5.41) is 12.2. The molecule has 136 valence electrons. The molecule has 2 heterocycles. The van der Waals surface area contributed by atoms with E-state index >= 15 is 0 Å². The summed E-state index contributed by atoms with van der Waals surface area (Å²) in [4.78, 5) is 12.2. The van der Waals surface area contributed by atoms with Crippen molar-refractivity contribution in [1.82, 2.24) is 15.1 Å². The number of benzene rings is 1. The number of rotatable bonds is 5. The lowest BCUT2D eigenvalue weighted by molar-refractivity contribution is 0.0606. The molecule has 0 aliphatic carbocycles. The van der Waals surface area contributed by atoms with Gasteiger partial charge in [-0.15, -0.1) is 11.3 Å². The highest BCUT2D eigenvalue weighted by molar-refractivity contribution is 7.80. The van der Waals surface area contributed by atoms with Crippen LogP contribution >= 0.6 is 35.2 Å². The predicted molar refractivity (Wildman–Crippen MR) is 109 cm³/mol. The van der Waals surface area contributed by atoms with Gasteiger partial charge in [-0.25, -0.2) is 4.79 Å². The number of nitrogens with one attached hydrogen (secondary N) is 2. The van der Waals surface area contributed by atoms with Crippen LogP contribution in [0.25, 0.3) is 10.1 Å². The lowest BCUT2D eigenvalue weighted by Gasteiger charge is -2.09. The van der Waals surface area contributed by atoms with Crippen LogP contribution in [0.2, 0.25) is 5.02 Å². The van der Waals surface area contributed by atoms with Crippen molar-refractivity contribution in [2.24, 2.45) is 0 Å². The number of fused-ring (bicyclic) bond motifs is 1. The summed E-state index contributed by atoms with van der Waals surface area (Å²) in [5.41, 5.74) is 1.87. The zero-order chi connectivity index (χ0) is 18.7. The van der Waals surface area contributed by atoms with Gasteiger partial charge in [0.15, 0.2) is 5.11 Å². The lowest BCUT2D eigenvalue weighted by Crippen LogP contribution is -2.27. The number of aromatic nitrogens is 2. The molecule has 0 fully saturated rings. The Labute approximate surface area is 165 Å². The van der Waals surface area contributed by atoms with Crippen LogP contribution in [0.4, 0.5) is 5.69 Å². The quantitative estimate of drug-likeness (QED) is 0.490. The van der Waals surface area contributed by atoms with E-state index < -0.39 is 5.97 Å². The van der Waals surface area contributed by atoms with Gasteiger partial charge < -0.3 is 15.4 Å². The van der Waals surface area contributed by atoms with Gasteiger partial charge in [0.2, 0.25) is 0 Å². The molecule has 3 aromatic rings. The molecule has 0 aliphatic heterocycles. The molecule has 0 amide bonds. The van der Waals surface area contributed by atoms with E-state index in [-0.39, 0.29) is 0 Å². The maximum absolute atomic E-state index is 11.8. The second-order valence-corrected chi connectivity index (χ2v) is 7.30. The monoisotopic (exact) mass is 408 g/mol. The van der Waals surface area contributed by atoms with E-state index in [2.05, 4.69) is 15.7 Å². The predicted octanol–water partition coefficient (Wildman–Crippen LogP) is 4.04. The van der Waals surface area contributed by atoms with Crippen molar-refractivity contribution < 1.29 is 9.53 Å². The Kier molecular flexibility index (Phi) is 5.75. The van der Waals surface area contributed by atoms with Gasteiger partial charge in [-0.05, 0) is 37.3 Å². The van der Waals surface area contributed by atoms with Gasteiger partial charge in [-0.2, -0.15) is 5.10 Å². The van der Waals surface area contributed by atoms with E-state index in [1.54, 1.807) is 0 Å². The van der Waals surface area contributed by atoms with E-state index in [9.17, 15) is 4.79 Å². The first-order chi connectivity index (χ1) is 12.5. The summed E-state index contributed by atoms with van der Waals surface area (Å²) < 4.78 is 7.50. The third kappa shape index (κ3) is 3.98. The summed E-state index contributed by atoms with van der Waals surface area (Å²) >= 11 is 12.9. The van der Waals surface area contributed by atoms with Crippen LogP contribution in [0.3, 0.4) is 0 Å². The Morgan fingerprint density at radius 2 is 2.27 bits per heavy atom.